The van der Waals surface area contributed by atoms with Gasteiger partial charge in [0.15, 0.2) is 0 Å². The third-order valence-electron chi connectivity index (χ3n) is 2.97. The zero-order valence-corrected chi connectivity index (χ0v) is 11.3. The minimum absolute atomic E-state index is 0.0353. The first-order valence-corrected chi connectivity index (χ1v) is 6.80. The summed E-state index contributed by atoms with van der Waals surface area (Å²) in [5.74, 6) is -1.49. The second-order valence-electron chi connectivity index (χ2n) is 4.58. The standard InChI is InChI=1S/C10H14F3N5OS/c11-10(12,13)8-16-9(20-17-8)15-6-1-3-18(4-2-6)5-7(14)19/h6H,1-5H2,(H2,14,19)(H,15,16,17). The number of piperidine rings is 1. The number of hydrogen-bond donors (Lipinski definition) is 2. The van der Waals surface area contributed by atoms with Crippen LogP contribution >= 0.6 is 11.5 Å². The SMILES string of the molecule is NC(=O)CN1CCC(Nc2nc(C(F)(F)F)ns2)CC1. The van der Waals surface area contributed by atoms with Gasteiger partial charge in [0.25, 0.3) is 0 Å². The fourth-order valence-corrected chi connectivity index (χ4v) is 2.69. The highest BCUT2D eigenvalue weighted by atomic mass is 32.1. The van der Waals surface area contributed by atoms with Crippen LogP contribution in [0.1, 0.15) is 18.7 Å². The van der Waals surface area contributed by atoms with E-state index in [0.29, 0.717) is 37.5 Å². The van der Waals surface area contributed by atoms with Crippen molar-refractivity contribution in [2.45, 2.75) is 25.1 Å². The zero-order chi connectivity index (χ0) is 14.8. The molecule has 2 heterocycles. The molecule has 0 aromatic carbocycles. The van der Waals surface area contributed by atoms with Gasteiger partial charge in [0.1, 0.15) is 0 Å². The van der Waals surface area contributed by atoms with Gasteiger partial charge in [0.05, 0.1) is 6.54 Å². The number of carbonyl (C=O) groups excluding carboxylic acids is 1. The van der Waals surface area contributed by atoms with Crippen LogP contribution < -0.4 is 11.1 Å². The van der Waals surface area contributed by atoms with E-state index >= 15 is 0 Å². The Morgan fingerprint density at radius 2 is 2.10 bits per heavy atom. The number of nitrogens with one attached hydrogen (secondary N) is 1. The third kappa shape index (κ3) is 4.04. The average Bonchev–Trinajstić information content (AvgIpc) is 2.79. The van der Waals surface area contributed by atoms with E-state index in [9.17, 15) is 18.0 Å². The summed E-state index contributed by atoms with van der Waals surface area (Å²) in [6.45, 7) is 1.56. The lowest BCUT2D eigenvalue weighted by Crippen LogP contribution is -2.42. The Balaban J connectivity index is 1.84. The van der Waals surface area contributed by atoms with Crippen molar-refractivity contribution < 1.29 is 18.0 Å². The van der Waals surface area contributed by atoms with E-state index in [1.165, 1.54) is 0 Å². The monoisotopic (exact) mass is 309 g/mol. The van der Waals surface area contributed by atoms with Gasteiger partial charge in [-0.1, -0.05) is 0 Å². The summed E-state index contributed by atoms with van der Waals surface area (Å²) in [7, 11) is 0. The van der Waals surface area contributed by atoms with Gasteiger partial charge in [-0.15, -0.1) is 0 Å². The maximum absolute atomic E-state index is 12.4. The number of primary amides is 1. The van der Waals surface area contributed by atoms with E-state index in [1.54, 1.807) is 0 Å². The summed E-state index contributed by atoms with van der Waals surface area (Å²) >= 11 is 0.702. The minimum Gasteiger partial charge on any atom is -0.369 e. The Morgan fingerprint density at radius 3 is 2.60 bits per heavy atom. The molecule has 0 spiro atoms. The minimum atomic E-state index is -4.51. The predicted molar refractivity (Wildman–Crippen MR) is 67.2 cm³/mol. The molecular formula is C10H14F3N5OS. The van der Waals surface area contributed by atoms with Crippen LogP contribution in [0.25, 0.3) is 0 Å². The largest absolute Gasteiger partial charge is 0.452 e. The van der Waals surface area contributed by atoms with Gasteiger partial charge in [-0.2, -0.15) is 22.5 Å². The Kier molecular flexibility index (Phi) is 4.43. The number of carbonyl (C=O) groups is 1. The van der Waals surface area contributed by atoms with Crippen molar-refractivity contribution in [3.05, 3.63) is 5.82 Å². The molecule has 1 amide bonds. The molecular weight excluding hydrogens is 295 g/mol. The Hall–Kier alpha value is -1.42. The molecule has 1 aromatic heterocycles. The number of nitrogens with two attached hydrogens (primary N) is 1. The molecule has 1 fully saturated rings. The maximum Gasteiger partial charge on any atom is 0.452 e. The molecule has 1 aliphatic rings. The number of aromatic nitrogens is 2. The molecule has 1 saturated heterocycles. The van der Waals surface area contributed by atoms with Crippen LogP contribution in [0.4, 0.5) is 18.3 Å². The Bertz CT molecular complexity index is 470. The Morgan fingerprint density at radius 1 is 1.45 bits per heavy atom. The van der Waals surface area contributed by atoms with E-state index in [0.717, 1.165) is 0 Å². The van der Waals surface area contributed by atoms with E-state index in [1.807, 2.05) is 4.90 Å². The third-order valence-corrected chi connectivity index (χ3v) is 3.62. The molecule has 0 radical (unpaired) electrons. The first-order chi connectivity index (χ1) is 9.34. The molecule has 20 heavy (non-hydrogen) atoms. The molecule has 1 aromatic rings. The van der Waals surface area contributed by atoms with Crippen LogP contribution in [0, 0.1) is 0 Å². The van der Waals surface area contributed by atoms with Crippen molar-refractivity contribution in [1.29, 1.82) is 0 Å². The van der Waals surface area contributed by atoms with Crippen molar-refractivity contribution in [2.24, 2.45) is 5.73 Å². The molecule has 0 bridgehead atoms. The number of nitrogens with zero attached hydrogens (tertiary/aromatic N) is 3. The van der Waals surface area contributed by atoms with Crippen LogP contribution in [0.5, 0.6) is 0 Å². The van der Waals surface area contributed by atoms with Crippen molar-refractivity contribution in [2.75, 3.05) is 25.0 Å². The summed E-state index contributed by atoms with van der Waals surface area (Å²) in [5, 5.41) is 3.12. The van der Waals surface area contributed by atoms with Gasteiger partial charge >= 0.3 is 6.18 Å². The highest BCUT2D eigenvalue weighted by Gasteiger charge is 2.36. The number of rotatable bonds is 4. The average molecular weight is 309 g/mol. The number of halogens is 3. The summed E-state index contributed by atoms with van der Waals surface area (Å²) < 4.78 is 40.3. The highest BCUT2D eigenvalue weighted by molar-refractivity contribution is 7.09. The van der Waals surface area contributed by atoms with Gasteiger partial charge in [-0.05, 0) is 12.8 Å². The summed E-state index contributed by atoms with van der Waals surface area (Å²) in [6.07, 6.45) is -3.08. The van der Waals surface area contributed by atoms with Gasteiger partial charge < -0.3 is 11.1 Å². The first-order valence-electron chi connectivity index (χ1n) is 6.02. The van der Waals surface area contributed by atoms with Crippen LogP contribution in [0.15, 0.2) is 0 Å². The molecule has 0 atom stereocenters. The van der Waals surface area contributed by atoms with Crippen molar-refractivity contribution in [3.63, 3.8) is 0 Å². The van der Waals surface area contributed by atoms with E-state index in [4.69, 9.17) is 5.73 Å². The smallest absolute Gasteiger partial charge is 0.369 e. The topological polar surface area (TPSA) is 84.1 Å². The predicted octanol–water partition coefficient (Wildman–Crippen LogP) is 0.918. The fraction of sp³-hybridized carbons (Fsp3) is 0.700. The molecule has 0 unspecified atom stereocenters. The van der Waals surface area contributed by atoms with Crippen molar-refractivity contribution in [1.82, 2.24) is 14.3 Å². The van der Waals surface area contributed by atoms with E-state index < -0.39 is 12.0 Å². The zero-order valence-electron chi connectivity index (χ0n) is 10.5. The molecule has 0 aliphatic carbocycles. The van der Waals surface area contributed by atoms with Crippen molar-refractivity contribution >= 4 is 22.6 Å². The Labute approximate surface area is 117 Å². The van der Waals surface area contributed by atoms with Gasteiger partial charge in [-0.25, -0.2) is 0 Å². The number of amides is 1. The number of alkyl halides is 3. The normalized spacial score (nSPS) is 18.1. The van der Waals surface area contributed by atoms with Gasteiger partial charge in [0, 0.05) is 30.7 Å². The van der Waals surface area contributed by atoms with Crippen LogP contribution in [-0.2, 0) is 11.0 Å². The highest BCUT2D eigenvalue weighted by Crippen LogP contribution is 2.29. The molecule has 6 nitrogen and oxygen atoms in total. The maximum atomic E-state index is 12.4. The molecule has 10 heteroatoms. The molecule has 112 valence electrons. The van der Waals surface area contributed by atoms with E-state index in [2.05, 4.69) is 14.7 Å². The lowest BCUT2D eigenvalue weighted by atomic mass is 10.1. The number of likely N-dealkylation sites (tertiary alicyclic amines) is 1. The second kappa shape index (κ2) is 5.92. The first kappa shape index (κ1) is 15.0. The summed E-state index contributed by atoms with van der Waals surface area (Å²) in [5.41, 5.74) is 5.11. The number of hydrogen-bond acceptors (Lipinski definition) is 6. The van der Waals surface area contributed by atoms with Crippen LogP contribution in [0.2, 0.25) is 0 Å². The lowest BCUT2D eigenvalue weighted by molar-refractivity contribution is -0.144. The lowest BCUT2D eigenvalue weighted by Gasteiger charge is -2.31. The summed E-state index contributed by atoms with van der Waals surface area (Å²) in [4.78, 5) is 16.1. The van der Waals surface area contributed by atoms with Crippen LogP contribution in [-0.4, -0.2) is 45.8 Å². The van der Waals surface area contributed by atoms with Gasteiger partial charge in [0.2, 0.25) is 16.9 Å². The van der Waals surface area contributed by atoms with Crippen molar-refractivity contribution in [3.8, 4) is 0 Å². The van der Waals surface area contributed by atoms with Crippen LogP contribution in [0.3, 0.4) is 0 Å². The molecule has 2 rings (SSSR count). The number of anilines is 1. The molecule has 3 N–H and O–H groups in total. The summed E-state index contributed by atoms with van der Waals surface area (Å²) in [6, 6.07) is 0.0353. The van der Waals surface area contributed by atoms with E-state index in [-0.39, 0.29) is 23.6 Å². The fourth-order valence-electron chi connectivity index (χ4n) is 2.03. The molecule has 1 aliphatic heterocycles. The second-order valence-corrected chi connectivity index (χ2v) is 5.33. The quantitative estimate of drug-likeness (QED) is 0.864. The van der Waals surface area contributed by atoms with Gasteiger partial charge in [-0.3, -0.25) is 9.69 Å². The molecule has 0 saturated carbocycles.